The highest BCUT2D eigenvalue weighted by Gasteiger charge is 2.16. The van der Waals surface area contributed by atoms with Crippen molar-refractivity contribution < 1.29 is 0 Å². The van der Waals surface area contributed by atoms with Gasteiger partial charge in [0.05, 0.1) is 5.52 Å². The molecule has 2 heterocycles. The highest BCUT2D eigenvalue weighted by molar-refractivity contribution is 6.09. The lowest BCUT2D eigenvalue weighted by Gasteiger charge is -2.22. The minimum Gasteiger partial charge on any atom is -0.341 e. The minimum absolute atomic E-state index is 0.943. The molecule has 0 atom stereocenters. The van der Waals surface area contributed by atoms with Crippen LogP contribution in [0, 0.1) is 0 Å². The van der Waals surface area contributed by atoms with E-state index >= 15 is 0 Å². The van der Waals surface area contributed by atoms with Gasteiger partial charge in [-0.05, 0) is 55.8 Å². The molecule has 0 radical (unpaired) electrons. The molecule has 0 bridgehead atoms. The third kappa shape index (κ3) is 3.54. The Hall–Kier alpha value is -3.56. The van der Waals surface area contributed by atoms with Crippen LogP contribution in [-0.4, -0.2) is 20.6 Å². The lowest BCUT2D eigenvalue weighted by Crippen LogP contribution is -2.22. The Balaban J connectivity index is 1.38. The maximum absolute atomic E-state index is 2.56. The Morgan fingerprint density at radius 1 is 0.571 bits per heavy atom. The molecule has 0 spiro atoms. The van der Waals surface area contributed by atoms with E-state index in [1.54, 1.807) is 0 Å². The van der Waals surface area contributed by atoms with Crippen LogP contribution in [0.25, 0.3) is 43.6 Å². The molecular weight excluding hydrogens is 426 g/mol. The summed E-state index contributed by atoms with van der Waals surface area (Å²) in [5.74, 6) is 0. The lowest BCUT2D eigenvalue weighted by atomic mass is 10.1. The summed E-state index contributed by atoms with van der Waals surface area (Å²) in [6.07, 6.45) is 0. The fourth-order valence-electron chi connectivity index (χ4n) is 5.96. The third-order valence-corrected chi connectivity index (χ3v) is 7.59. The number of rotatable bonds is 7. The van der Waals surface area contributed by atoms with Crippen molar-refractivity contribution in [2.45, 2.75) is 47.0 Å². The zero-order valence-electron chi connectivity index (χ0n) is 21.0. The second-order valence-electron chi connectivity index (χ2n) is 9.49. The molecule has 3 heteroatoms. The number of hydrogen-bond donors (Lipinski definition) is 0. The second kappa shape index (κ2) is 8.90. The first kappa shape index (κ1) is 21.9. The summed E-state index contributed by atoms with van der Waals surface area (Å²) in [5, 5.41) is 5.44. The van der Waals surface area contributed by atoms with Gasteiger partial charge in [-0.2, -0.15) is 0 Å². The maximum atomic E-state index is 2.56. The summed E-state index contributed by atoms with van der Waals surface area (Å²) in [6.45, 7) is 11.6. The van der Waals surface area contributed by atoms with E-state index in [0.29, 0.717) is 0 Å². The Morgan fingerprint density at radius 3 is 1.91 bits per heavy atom. The molecule has 0 amide bonds. The van der Waals surface area contributed by atoms with Crippen molar-refractivity contribution in [3.8, 4) is 0 Å². The van der Waals surface area contributed by atoms with Gasteiger partial charge in [0, 0.05) is 64.3 Å². The maximum Gasteiger partial charge on any atom is 0.0536 e. The smallest absolute Gasteiger partial charge is 0.0536 e. The van der Waals surface area contributed by atoms with Crippen molar-refractivity contribution in [2.24, 2.45) is 0 Å². The van der Waals surface area contributed by atoms with Crippen molar-refractivity contribution in [2.75, 3.05) is 6.54 Å². The zero-order valence-corrected chi connectivity index (χ0v) is 21.0. The van der Waals surface area contributed by atoms with E-state index in [1.807, 2.05) is 0 Å². The monoisotopic (exact) mass is 459 g/mol. The fraction of sp³-hybridized carbons (Fsp3) is 0.250. The number of para-hydroxylation sites is 3. The molecule has 0 aliphatic heterocycles. The van der Waals surface area contributed by atoms with Crippen LogP contribution in [0.5, 0.6) is 0 Å². The van der Waals surface area contributed by atoms with E-state index in [1.165, 1.54) is 54.7 Å². The lowest BCUT2D eigenvalue weighted by molar-refractivity contribution is 0.272. The van der Waals surface area contributed by atoms with E-state index in [4.69, 9.17) is 0 Å². The minimum atomic E-state index is 0.943. The Labute approximate surface area is 207 Å². The summed E-state index contributed by atoms with van der Waals surface area (Å²) in [6, 6.07) is 31.5. The molecule has 0 unspecified atom stereocenters. The molecule has 0 N–H and O–H groups in total. The summed E-state index contributed by atoms with van der Waals surface area (Å²) in [4.78, 5) is 2.56. The highest BCUT2D eigenvalue weighted by atomic mass is 15.1. The largest absolute Gasteiger partial charge is 0.341 e. The van der Waals surface area contributed by atoms with Gasteiger partial charge in [0.15, 0.2) is 0 Å². The van der Waals surface area contributed by atoms with Gasteiger partial charge in [-0.1, -0.05) is 67.6 Å². The normalized spacial score (nSPS) is 12.1. The van der Waals surface area contributed by atoms with E-state index in [0.717, 1.165) is 32.7 Å². The van der Waals surface area contributed by atoms with Gasteiger partial charge >= 0.3 is 0 Å². The van der Waals surface area contributed by atoms with Gasteiger partial charge in [-0.25, -0.2) is 0 Å². The fourth-order valence-corrected chi connectivity index (χ4v) is 5.96. The van der Waals surface area contributed by atoms with Gasteiger partial charge in [0.25, 0.3) is 0 Å². The van der Waals surface area contributed by atoms with E-state index < -0.39 is 0 Å². The summed E-state index contributed by atoms with van der Waals surface area (Å²) in [5.41, 5.74) is 8.16. The van der Waals surface area contributed by atoms with Crippen LogP contribution in [0.3, 0.4) is 0 Å². The van der Waals surface area contributed by atoms with Crippen LogP contribution in [-0.2, 0) is 26.2 Å². The summed E-state index contributed by atoms with van der Waals surface area (Å²) >= 11 is 0. The Kier molecular flexibility index (Phi) is 5.58. The average molecular weight is 460 g/mol. The van der Waals surface area contributed by atoms with Gasteiger partial charge in [-0.3, -0.25) is 4.90 Å². The SMILES string of the molecule is CCN(Cc1ccc2c(c1)c1ccccc1n2CC)Cc1cccc2c3ccccc3n(CC)c12. The molecule has 0 saturated heterocycles. The quantitative estimate of drug-likeness (QED) is 0.236. The standard InChI is InChI=1S/C32H33N3/c1-4-33(21-23-18-19-31-28(20-23)26-14-8-9-16-29(26)34(31)5-2)22-24-12-11-15-27-25-13-7-10-17-30(25)35(6-3)32(24)27/h7-20H,4-6,21-22H2,1-3H3. The van der Waals surface area contributed by atoms with Crippen molar-refractivity contribution in [3.63, 3.8) is 0 Å². The predicted octanol–water partition coefficient (Wildman–Crippen LogP) is 7.96. The number of aromatic nitrogens is 2. The average Bonchev–Trinajstić information content (AvgIpc) is 3.41. The van der Waals surface area contributed by atoms with Crippen molar-refractivity contribution >= 4 is 43.6 Å². The Morgan fingerprint density at radius 2 is 1.20 bits per heavy atom. The van der Waals surface area contributed by atoms with Crippen molar-refractivity contribution in [1.29, 1.82) is 0 Å². The number of fused-ring (bicyclic) bond motifs is 6. The number of nitrogens with zero attached hydrogens (tertiary/aromatic N) is 3. The van der Waals surface area contributed by atoms with Gasteiger partial charge in [0.1, 0.15) is 0 Å². The molecule has 2 aromatic heterocycles. The Bertz CT molecular complexity index is 1670. The molecule has 4 aromatic carbocycles. The van der Waals surface area contributed by atoms with Gasteiger partial charge < -0.3 is 9.13 Å². The molecule has 6 aromatic rings. The molecule has 0 aliphatic carbocycles. The molecule has 0 fully saturated rings. The molecule has 6 rings (SSSR count). The summed E-state index contributed by atoms with van der Waals surface area (Å²) in [7, 11) is 0. The van der Waals surface area contributed by atoms with E-state index in [9.17, 15) is 0 Å². The molecule has 3 nitrogen and oxygen atoms in total. The molecule has 176 valence electrons. The third-order valence-electron chi connectivity index (χ3n) is 7.59. The van der Waals surface area contributed by atoms with Crippen LogP contribution in [0.2, 0.25) is 0 Å². The van der Waals surface area contributed by atoms with Gasteiger partial charge in [0.2, 0.25) is 0 Å². The number of aryl methyl sites for hydroxylation is 2. The van der Waals surface area contributed by atoms with Crippen LogP contribution >= 0.6 is 0 Å². The van der Waals surface area contributed by atoms with E-state index in [-0.39, 0.29) is 0 Å². The predicted molar refractivity (Wildman–Crippen MR) is 150 cm³/mol. The topological polar surface area (TPSA) is 13.1 Å². The zero-order chi connectivity index (χ0) is 23.9. The summed E-state index contributed by atoms with van der Waals surface area (Å²) < 4.78 is 4.91. The molecule has 35 heavy (non-hydrogen) atoms. The first-order valence-electron chi connectivity index (χ1n) is 12.9. The van der Waals surface area contributed by atoms with Crippen LogP contribution in [0.1, 0.15) is 31.9 Å². The molecule has 0 aliphatic rings. The van der Waals surface area contributed by atoms with Crippen LogP contribution in [0.4, 0.5) is 0 Å². The second-order valence-corrected chi connectivity index (χ2v) is 9.49. The molecular formula is C32H33N3. The first-order chi connectivity index (χ1) is 17.2. The van der Waals surface area contributed by atoms with Crippen molar-refractivity contribution in [1.82, 2.24) is 14.0 Å². The molecule has 0 saturated carbocycles. The van der Waals surface area contributed by atoms with Crippen LogP contribution < -0.4 is 0 Å². The number of hydrogen-bond acceptors (Lipinski definition) is 1. The van der Waals surface area contributed by atoms with E-state index in [2.05, 4.69) is 120 Å². The van der Waals surface area contributed by atoms with Crippen molar-refractivity contribution in [3.05, 3.63) is 96.1 Å². The first-order valence-corrected chi connectivity index (χ1v) is 12.9. The number of benzene rings is 4. The van der Waals surface area contributed by atoms with Gasteiger partial charge in [-0.15, -0.1) is 0 Å². The van der Waals surface area contributed by atoms with Crippen LogP contribution in [0.15, 0.2) is 84.9 Å². The highest BCUT2D eigenvalue weighted by Crippen LogP contribution is 2.33.